The Kier molecular flexibility index (Phi) is 5.64. The van der Waals surface area contributed by atoms with E-state index in [1.807, 2.05) is 12.1 Å². The van der Waals surface area contributed by atoms with Gasteiger partial charge in [-0.1, -0.05) is 18.2 Å². The second kappa shape index (κ2) is 7.25. The van der Waals surface area contributed by atoms with Gasteiger partial charge in [0.1, 0.15) is 5.75 Å². The van der Waals surface area contributed by atoms with Gasteiger partial charge in [0.25, 0.3) is 0 Å². The molecule has 1 atom stereocenters. The number of rotatable bonds is 6. The molecule has 0 saturated carbocycles. The zero-order valence-corrected chi connectivity index (χ0v) is 14.4. The van der Waals surface area contributed by atoms with E-state index in [2.05, 4.69) is 65.6 Å². The number of hydrogen-bond acceptors (Lipinski definition) is 3. The minimum atomic E-state index is 0.191. The molecule has 0 spiro atoms. The van der Waals surface area contributed by atoms with E-state index in [9.17, 15) is 0 Å². The number of thiophene rings is 1. The van der Waals surface area contributed by atoms with E-state index in [4.69, 9.17) is 4.74 Å². The van der Waals surface area contributed by atoms with E-state index >= 15 is 0 Å². The molecular formula is C16H20BrNOS. The molecular weight excluding hydrogens is 334 g/mol. The Bertz CT molecular complexity index is 553. The van der Waals surface area contributed by atoms with E-state index in [1.54, 1.807) is 11.3 Å². The third kappa shape index (κ3) is 4.33. The van der Waals surface area contributed by atoms with Crippen molar-refractivity contribution in [3.05, 3.63) is 50.6 Å². The van der Waals surface area contributed by atoms with Crippen molar-refractivity contribution < 1.29 is 4.74 Å². The van der Waals surface area contributed by atoms with Gasteiger partial charge in [0.2, 0.25) is 0 Å². The summed E-state index contributed by atoms with van der Waals surface area (Å²) >= 11 is 5.21. The molecule has 1 heterocycles. The minimum absolute atomic E-state index is 0.191. The van der Waals surface area contributed by atoms with E-state index in [0.29, 0.717) is 0 Å². The van der Waals surface area contributed by atoms with Gasteiger partial charge in [-0.2, -0.15) is 0 Å². The van der Waals surface area contributed by atoms with Crippen LogP contribution in [0.4, 0.5) is 0 Å². The van der Waals surface area contributed by atoms with Crippen LogP contribution in [-0.2, 0) is 6.54 Å². The van der Waals surface area contributed by atoms with Crippen molar-refractivity contribution in [3.8, 4) is 5.75 Å². The lowest BCUT2D eigenvalue weighted by Gasteiger charge is -2.19. The van der Waals surface area contributed by atoms with Crippen molar-refractivity contribution >= 4 is 27.3 Å². The number of halogens is 1. The van der Waals surface area contributed by atoms with Crippen LogP contribution in [0.1, 0.15) is 37.9 Å². The zero-order valence-electron chi connectivity index (χ0n) is 12.0. The van der Waals surface area contributed by atoms with Crippen LogP contribution in [0.25, 0.3) is 0 Å². The summed E-state index contributed by atoms with van der Waals surface area (Å²) in [6.07, 6.45) is 0.191. The fourth-order valence-corrected chi connectivity index (χ4v) is 3.23. The van der Waals surface area contributed by atoms with Crippen LogP contribution in [-0.4, -0.2) is 6.10 Å². The lowest BCUT2D eigenvalue weighted by atomic mass is 10.1. The SMILES string of the molecule is CC(C)Oc1ccccc1C(C)NCc1csc(Br)c1. The molecule has 0 aliphatic rings. The molecule has 0 saturated heterocycles. The van der Waals surface area contributed by atoms with E-state index in [1.165, 1.54) is 14.9 Å². The van der Waals surface area contributed by atoms with E-state index < -0.39 is 0 Å². The first-order valence-electron chi connectivity index (χ1n) is 6.78. The fourth-order valence-electron chi connectivity index (χ4n) is 2.02. The molecule has 1 aromatic carbocycles. The van der Waals surface area contributed by atoms with Gasteiger partial charge in [0.15, 0.2) is 0 Å². The first-order chi connectivity index (χ1) is 9.56. The van der Waals surface area contributed by atoms with Crippen molar-refractivity contribution in [2.75, 3.05) is 0 Å². The highest BCUT2D eigenvalue weighted by molar-refractivity contribution is 9.11. The summed E-state index contributed by atoms with van der Waals surface area (Å²) < 4.78 is 7.05. The van der Waals surface area contributed by atoms with Crippen LogP contribution in [0.3, 0.4) is 0 Å². The van der Waals surface area contributed by atoms with Gasteiger partial charge in [0.05, 0.1) is 9.89 Å². The van der Waals surface area contributed by atoms with Gasteiger partial charge >= 0.3 is 0 Å². The summed E-state index contributed by atoms with van der Waals surface area (Å²) in [7, 11) is 0. The molecule has 108 valence electrons. The predicted molar refractivity (Wildman–Crippen MR) is 89.5 cm³/mol. The summed E-state index contributed by atoms with van der Waals surface area (Å²) in [6, 6.07) is 10.6. The Balaban J connectivity index is 2.03. The molecule has 20 heavy (non-hydrogen) atoms. The van der Waals surface area contributed by atoms with Crippen molar-refractivity contribution in [3.63, 3.8) is 0 Å². The van der Waals surface area contributed by atoms with Crippen LogP contribution < -0.4 is 10.1 Å². The molecule has 0 radical (unpaired) electrons. The number of benzene rings is 1. The summed E-state index contributed by atoms with van der Waals surface area (Å²) in [6.45, 7) is 7.14. The molecule has 0 aliphatic heterocycles. The lowest BCUT2D eigenvalue weighted by molar-refractivity contribution is 0.238. The molecule has 1 unspecified atom stereocenters. The van der Waals surface area contributed by atoms with Crippen LogP contribution in [0.2, 0.25) is 0 Å². The Labute approximate surface area is 133 Å². The number of para-hydroxylation sites is 1. The summed E-state index contributed by atoms with van der Waals surface area (Å²) in [5, 5.41) is 5.71. The van der Waals surface area contributed by atoms with E-state index in [0.717, 1.165) is 12.3 Å². The van der Waals surface area contributed by atoms with Crippen molar-refractivity contribution in [2.45, 2.75) is 39.5 Å². The predicted octanol–water partition coefficient (Wildman–Crippen LogP) is 5.15. The van der Waals surface area contributed by atoms with Crippen molar-refractivity contribution in [1.29, 1.82) is 0 Å². The van der Waals surface area contributed by atoms with Crippen LogP contribution in [0.5, 0.6) is 5.75 Å². The van der Waals surface area contributed by atoms with Gasteiger partial charge in [-0.25, -0.2) is 0 Å². The summed E-state index contributed by atoms with van der Waals surface area (Å²) in [5.74, 6) is 0.967. The first-order valence-corrected chi connectivity index (χ1v) is 8.45. The van der Waals surface area contributed by atoms with Gasteiger partial charge < -0.3 is 10.1 Å². The topological polar surface area (TPSA) is 21.3 Å². The average Bonchev–Trinajstić information content (AvgIpc) is 2.82. The van der Waals surface area contributed by atoms with Crippen LogP contribution in [0.15, 0.2) is 39.5 Å². The highest BCUT2D eigenvalue weighted by atomic mass is 79.9. The monoisotopic (exact) mass is 353 g/mol. The van der Waals surface area contributed by atoms with Gasteiger partial charge in [-0.15, -0.1) is 11.3 Å². The number of nitrogens with one attached hydrogen (secondary N) is 1. The van der Waals surface area contributed by atoms with E-state index in [-0.39, 0.29) is 12.1 Å². The molecule has 1 aromatic heterocycles. The largest absolute Gasteiger partial charge is 0.491 e. The molecule has 0 bridgehead atoms. The van der Waals surface area contributed by atoms with Gasteiger partial charge in [-0.3, -0.25) is 0 Å². The Morgan fingerprint density at radius 1 is 1.25 bits per heavy atom. The molecule has 2 rings (SSSR count). The Hall–Kier alpha value is -0.840. The minimum Gasteiger partial charge on any atom is -0.491 e. The molecule has 0 fully saturated rings. The second-order valence-electron chi connectivity index (χ2n) is 5.07. The molecule has 0 aliphatic carbocycles. The fraction of sp³-hybridized carbons (Fsp3) is 0.375. The Morgan fingerprint density at radius 3 is 2.65 bits per heavy atom. The molecule has 2 aromatic rings. The van der Waals surface area contributed by atoms with Crippen LogP contribution >= 0.6 is 27.3 Å². The highest BCUT2D eigenvalue weighted by Crippen LogP contribution is 2.26. The highest BCUT2D eigenvalue weighted by Gasteiger charge is 2.12. The van der Waals surface area contributed by atoms with Crippen molar-refractivity contribution in [2.24, 2.45) is 0 Å². The number of hydrogen-bond donors (Lipinski definition) is 1. The lowest BCUT2D eigenvalue weighted by Crippen LogP contribution is -2.19. The van der Waals surface area contributed by atoms with Crippen molar-refractivity contribution in [1.82, 2.24) is 5.32 Å². The normalized spacial score (nSPS) is 12.7. The van der Waals surface area contributed by atoms with Gasteiger partial charge in [0, 0.05) is 18.2 Å². The number of ether oxygens (including phenoxy) is 1. The maximum atomic E-state index is 5.88. The third-order valence-electron chi connectivity index (χ3n) is 2.98. The zero-order chi connectivity index (χ0) is 14.5. The quantitative estimate of drug-likeness (QED) is 0.775. The summed E-state index contributed by atoms with van der Waals surface area (Å²) in [5.41, 5.74) is 2.51. The standard InChI is InChI=1S/C16H20BrNOS/c1-11(2)19-15-7-5-4-6-14(15)12(3)18-9-13-8-16(17)20-10-13/h4-8,10-12,18H,9H2,1-3H3. The van der Waals surface area contributed by atoms with Crippen LogP contribution in [0, 0.1) is 0 Å². The molecule has 1 N–H and O–H groups in total. The maximum Gasteiger partial charge on any atom is 0.124 e. The third-order valence-corrected chi connectivity index (χ3v) is 4.54. The first kappa shape index (κ1) is 15.5. The summed E-state index contributed by atoms with van der Waals surface area (Å²) in [4.78, 5) is 0. The maximum absolute atomic E-state index is 5.88. The van der Waals surface area contributed by atoms with Gasteiger partial charge in [-0.05, 0) is 59.8 Å². The second-order valence-corrected chi connectivity index (χ2v) is 7.36. The smallest absolute Gasteiger partial charge is 0.124 e. The molecule has 4 heteroatoms. The molecule has 0 amide bonds. The molecule has 2 nitrogen and oxygen atoms in total. The average molecular weight is 354 g/mol. The Morgan fingerprint density at radius 2 is 2.00 bits per heavy atom.